The second-order valence-corrected chi connectivity index (χ2v) is 8.98. The number of nitrogens with zero attached hydrogens (tertiary/aromatic N) is 2. The molecule has 1 aliphatic rings. The van der Waals surface area contributed by atoms with Gasteiger partial charge >= 0.3 is 6.09 Å². The van der Waals surface area contributed by atoms with Crippen LogP contribution in [-0.4, -0.2) is 94.2 Å². The molecule has 0 unspecified atom stereocenters. The number of sulfone groups is 1. The van der Waals surface area contributed by atoms with Gasteiger partial charge in [-0.2, -0.15) is 0 Å². The van der Waals surface area contributed by atoms with Gasteiger partial charge < -0.3 is 29.7 Å². The van der Waals surface area contributed by atoms with Gasteiger partial charge in [0.05, 0.1) is 18.6 Å². The van der Waals surface area contributed by atoms with E-state index in [1.807, 2.05) is 0 Å². The fourth-order valence-electron chi connectivity index (χ4n) is 3.34. The SMILES string of the molecule is COc1cc(C)c(S(=O)(=O)CNCCOCC(=O)N2CCN(C(=O)O)CC2)c(C)c1. The van der Waals surface area contributed by atoms with Crippen molar-refractivity contribution < 1.29 is 32.6 Å². The van der Waals surface area contributed by atoms with E-state index in [2.05, 4.69) is 5.32 Å². The molecular formula is C19H29N3O7S. The highest BCUT2D eigenvalue weighted by molar-refractivity contribution is 7.91. The molecule has 168 valence electrons. The third-order valence-electron chi connectivity index (χ3n) is 4.82. The lowest BCUT2D eigenvalue weighted by atomic mass is 10.1. The number of aryl methyl sites for hydroxylation is 2. The summed E-state index contributed by atoms with van der Waals surface area (Å²) in [4.78, 5) is 26.1. The fourth-order valence-corrected chi connectivity index (χ4v) is 5.00. The topological polar surface area (TPSA) is 125 Å². The lowest BCUT2D eigenvalue weighted by molar-refractivity contribution is -0.137. The predicted octanol–water partition coefficient (Wildman–Crippen LogP) is 0.472. The Morgan fingerprint density at radius 2 is 1.67 bits per heavy atom. The first-order valence-electron chi connectivity index (χ1n) is 9.58. The number of hydrogen-bond acceptors (Lipinski definition) is 7. The average Bonchev–Trinajstić information content (AvgIpc) is 2.69. The van der Waals surface area contributed by atoms with Crippen LogP contribution in [-0.2, 0) is 19.4 Å². The van der Waals surface area contributed by atoms with Gasteiger partial charge in [0.15, 0.2) is 9.84 Å². The van der Waals surface area contributed by atoms with Gasteiger partial charge in [0.1, 0.15) is 18.2 Å². The second kappa shape index (κ2) is 10.6. The summed E-state index contributed by atoms with van der Waals surface area (Å²) in [6.45, 7) is 5.02. The molecule has 1 fully saturated rings. The maximum Gasteiger partial charge on any atom is 0.407 e. The number of amides is 2. The standard InChI is InChI=1S/C19H29N3O7S/c1-14-10-16(28-3)11-15(2)18(14)30(26,27)13-20-4-9-29-12-17(23)21-5-7-22(8-6-21)19(24)25/h10-11,20H,4-9,12-13H2,1-3H3,(H,24,25). The highest BCUT2D eigenvalue weighted by Crippen LogP contribution is 2.26. The van der Waals surface area contributed by atoms with Crippen molar-refractivity contribution in [3.63, 3.8) is 0 Å². The second-order valence-electron chi connectivity index (χ2n) is 7.05. The van der Waals surface area contributed by atoms with E-state index >= 15 is 0 Å². The first-order valence-corrected chi connectivity index (χ1v) is 11.2. The van der Waals surface area contributed by atoms with Crippen molar-refractivity contribution in [2.75, 3.05) is 58.9 Å². The summed E-state index contributed by atoms with van der Waals surface area (Å²) < 4.78 is 35.8. The van der Waals surface area contributed by atoms with Crippen molar-refractivity contribution in [3.8, 4) is 5.75 Å². The Morgan fingerprint density at radius 3 is 2.20 bits per heavy atom. The molecule has 1 saturated heterocycles. The molecule has 0 radical (unpaired) electrons. The Morgan fingerprint density at radius 1 is 1.10 bits per heavy atom. The van der Waals surface area contributed by atoms with E-state index in [0.29, 0.717) is 30.0 Å². The Kier molecular flexibility index (Phi) is 8.44. The molecule has 11 heteroatoms. The number of ether oxygens (including phenoxy) is 2. The van der Waals surface area contributed by atoms with Crippen molar-refractivity contribution in [1.29, 1.82) is 0 Å². The quantitative estimate of drug-likeness (QED) is 0.528. The number of nitrogens with one attached hydrogen (secondary N) is 1. The van der Waals surface area contributed by atoms with E-state index in [9.17, 15) is 18.0 Å². The van der Waals surface area contributed by atoms with Crippen LogP contribution in [0.4, 0.5) is 4.79 Å². The van der Waals surface area contributed by atoms with Gasteiger partial charge in [-0.25, -0.2) is 13.2 Å². The van der Waals surface area contributed by atoms with Gasteiger partial charge in [-0.15, -0.1) is 0 Å². The van der Waals surface area contributed by atoms with E-state index in [-0.39, 0.29) is 49.5 Å². The molecule has 1 aromatic carbocycles. The van der Waals surface area contributed by atoms with Crippen LogP contribution in [0.1, 0.15) is 11.1 Å². The lowest BCUT2D eigenvalue weighted by Gasteiger charge is -2.33. The molecular weight excluding hydrogens is 414 g/mol. The Labute approximate surface area is 176 Å². The van der Waals surface area contributed by atoms with E-state index < -0.39 is 15.9 Å². The summed E-state index contributed by atoms with van der Waals surface area (Å²) in [5, 5.41) is 11.8. The molecule has 0 saturated carbocycles. The molecule has 1 aliphatic heterocycles. The molecule has 30 heavy (non-hydrogen) atoms. The Bertz CT molecular complexity index is 842. The summed E-state index contributed by atoms with van der Waals surface area (Å²) in [6.07, 6.45) is -0.987. The zero-order chi connectivity index (χ0) is 22.3. The molecule has 0 bridgehead atoms. The average molecular weight is 444 g/mol. The zero-order valence-corrected chi connectivity index (χ0v) is 18.3. The van der Waals surface area contributed by atoms with Crippen molar-refractivity contribution >= 4 is 21.8 Å². The zero-order valence-electron chi connectivity index (χ0n) is 17.5. The molecule has 2 N–H and O–H groups in total. The molecule has 10 nitrogen and oxygen atoms in total. The number of rotatable bonds is 9. The van der Waals surface area contributed by atoms with Gasteiger partial charge in [0, 0.05) is 32.7 Å². The number of benzene rings is 1. The van der Waals surface area contributed by atoms with Crippen LogP contribution in [0.3, 0.4) is 0 Å². The van der Waals surface area contributed by atoms with Crippen LogP contribution in [0.2, 0.25) is 0 Å². The normalized spacial score (nSPS) is 14.6. The number of methoxy groups -OCH3 is 1. The van der Waals surface area contributed by atoms with Crippen LogP contribution in [0, 0.1) is 13.8 Å². The largest absolute Gasteiger partial charge is 0.497 e. The minimum absolute atomic E-state index is 0.127. The molecule has 2 rings (SSSR count). The van der Waals surface area contributed by atoms with Crippen LogP contribution in [0.25, 0.3) is 0 Å². The Hall–Kier alpha value is -2.37. The summed E-state index contributed by atoms with van der Waals surface area (Å²) in [5.41, 5.74) is 1.25. The van der Waals surface area contributed by atoms with Crippen molar-refractivity contribution in [1.82, 2.24) is 15.1 Å². The molecule has 2 amide bonds. The van der Waals surface area contributed by atoms with Crippen molar-refractivity contribution in [2.45, 2.75) is 18.7 Å². The van der Waals surface area contributed by atoms with Gasteiger partial charge in [-0.05, 0) is 37.1 Å². The summed E-state index contributed by atoms with van der Waals surface area (Å²) >= 11 is 0. The molecule has 0 spiro atoms. The van der Waals surface area contributed by atoms with Crippen molar-refractivity contribution in [3.05, 3.63) is 23.3 Å². The molecule has 0 atom stereocenters. The van der Waals surface area contributed by atoms with E-state index in [1.165, 1.54) is 12.0 Å². The smallest absolute Gasteiger partial charge is 0.407 e. The molecule has 0 aliphatic carbocycles. The monoisotopic (exact) mass is 443 g/mol. The maximum atomic E-state index is 12.6. The minimum atomic E-state index is -3.53. The summed E-state index contributed by atoms with van der Waals surface area (Å²) in [6, 6.07) is 3.37. The van der Waals surface area contributed by atoms with Crippen LogP contribution >= 0.6 is 0 Å². The highest BCUT2D eigenvalue weighted by atomic mass is 32.2. The van der Waals surface area contributed by atoms with E-state index in [1.54, 1.807) is 30.9 Å². The van der Waals surface area contributed by atoms with Gasteiger partial charge in [-0.3, -0.25) is 4.79 Å². The number of carboxylic acid groups (broad SMARTS) is 1. The number of piperazine rings is 1. The van der Waals surface area contributed by atoms with Gasteiger partial charge in [-0.1, -0.05) is 0 Å². The number of carbonyl (C=O) groups excluding carboxylic acids is 1. The Balaban J connectivity index is 1.71. The highest BCUT2D eigenvalue weighted by Gasteiger charge is 2.24. The van der Waals surface area contributed by atoms with E-state index in [0.717, 1.165) is 0 Å². The maximum absolute atomic E-state index is 12.6. The summed E-state index contributed by atoms with van der Waals surface area (Å²) in [5.74, 6) is 0.159. The molecule has 0 aromatic heterocycles. The first kappa shape index (κ1) is 23.9. The third-order valence-corrected chi connectivity index (χ3v) is 6.67. The number of carbonyl (C=O) groups is 2. The van der Waals surface area contributed by atoms with E-state index in [4.69, 9.17) is 14.6 Å². The number of hydrogen-bond donors (Lipinski definition) is 2. The van der Waals surface area contributed by atoms with Gasteiger partial charge in [0.2, 0.25) is 5.91 Å². The molecule has 1 heterocycles. The minimum Gasteiger partial charge on any atom is -0.497 e. The van der Waals surface area contributed by atoms with Crippen LogP contribution in [0.15, 0.2) is 17.0 Å². The van der Waals surface area contributed by atoms with Crippen LogP contribution < -0.4 is 10.1 Å². The predicted molar refractivity (Wildman–Crippen MR) is 110 cm³/mol. The van der Waals surface area contributed by atoms with Gasteiger partial charge in [0.25, 0.3) is 0 Å². The van der Waals surface area contributed by atoms with Crippen molar-refractivity contribution in [2.24, 2.45) is 0 Å². The molecule has 1 aromatic rings. The van der Waals surface area contributed by atoms with Crippen LogP contribution in [0.5, 0.6) is 5.75 Å². The first-order chi connectivity index (χ1) is 14.2. The summed E-state index contributed by atoms with van der Waals surface area (Å²) in [7, 11) is -2.00. The lowest BCUT2D eigenvalue weighted by Crippen LogP contribution is -2.51. The third kappa shape index (κ3) is 6.31. The fraction of sp³-hybridized carbons (Fsp3) is 0.579.